The Hall–Kier alpha value is -1.99. The van der Waals surface area contributed by atoms with E-state index >= 15 is 0 Å². The van der Waals surface area contributed by atoms with Gasteiger partial charge in [0.25, 0.3) is 5.91 Å². The minimum atomic E-state index is -0.362. The molecule has 4 aliphatic carbocycles. The molecule has 2 aromatic rings. The molecule has 1 amide bonds. The zero-order chi connectivity index (χ0) is 21.6. The first-order chi connectivity index (χ1) is 15.0. The Balaban J connectivity index is 1.54. The smallest absolute Gasteiger partial charge is 0.337 e. The Labute approximate surface area is 186 Å². The summed E-state index contributed by atoms with van der Waals surface area (Å²) in [4.78, 5) is 31.0. The summed E-state index contributed by atoms with van der Waals surface area (Å²) in [5.74, 6) is 1.83. The van der Waals surface area contributed by atoms with E-state index in [-0.39, 0.29) is 17.3 Å². The van der Waals surface area contributed by atoms with Crippen LogP contribution >= 0.6 is 11.3 Å². The molecule has 7 heteroatoms. The van der Waals surface area contributed by atoms with Crippen LogP contribution in [0.25, 0.3) is 10.2 Å². The molecule has 0 unspecified atom stereocenters. The molecule has 1 aromatic carbocycles. The number of rotatable bonds is 6. The highest BCUT2D eigenvalue weighted by Gasteiger charge is 2.54. The fourth-order valence-electron chi connectivity index (χ4n) is 6.50. The lowest BCUT2D eigenvalue weighted by molar-refractivity contribution is -0.142. The first-order valence-corrected chi connectivity index (χ1v) is 12.2. The maximum absolute atomic E-state index is 13.6. The molecule has 0 atom stereocenters. The second-order valence-electron chi connectivity index (χ2n) is 9.52. The van der Waals surface area contributed by atoms with E-state index in [1.165, 1.54) is 37.7 Å². The van der Waals surface area contributed by atoms with Gasteiger partial charge >= 0.3 is 5.97 Å². The number of methoxy groups -OCH3 is 1. The molecule has 1 aromatic heterocycles. The minimum absolute atomic E-state index is 0.0662. The third-order valence-corrected chi connectivity index (χ3v) is 8.50. The van der Waals surface area contributed by atoms with Gasteiger partial charge in [0.2, 0.25) is 0 Å². The summed E-state index contributed by atoms with van der Waals surface area (Å²) < 4.78 is 13.4. The van der Waals surface area contributed by atoms with Crippen LogP contribution in [-0.4, -0.2) is 36.8 Å². The van der Waals surface area contributed by atoms with Gasteiger partial charge in [-0.3, -0.25) is 4.79 Å². The largest absolute Gasteiger partial charge is 0.465 e. The van der Waals surface area contributed by atoms with Crippen LogP contribution in [0, 0.1) is 23.2 Å². The highest BCUT2D eigenvalue weighted by molar-refractivity contribution is 7.16. The number of ether oxygens (including phenoxy) is 2. The number of nitrogens with zero attached hydrogens (tertiary/aromatic N) is 2. The molecule has 4 saturated carbocycles. The van der Waals surface area contributed by atoms with Gasteiger partial charge in [-0.25, -0.2) is 4.79 Å². The second-order valence-corrected chi connectivity index (χ2v) is 10.5. The maximum Gasteiger partial charge on any atom is 0.337 e. The van der Waals surface area contributed by atoms with Crippen molar-refractivity contribution in [3.63, 3.8) is 0 Å². The van der Waals surface area contributed by atoms with Crippen molar-refractivity contribution in [2.75, 3.05) is 20.3 Å². The maximum atomic E-state index is 13.6. The fraction of sp³-hybridized carbons (Fsp3) is 0.625. The van der Waals surface area contributed by atoms with Crippen LogP contribution in [0.15, 0.2) is 23.2 Å². The van der Waals surface area contributed by atoms with Gasteiger partial charge in [0.15, 0.2) is 4.80 Å². The number of benzene rings is 1. The number of fused-ring (bicyclic) bond motifs is 1. The van der Waals surface area contributed by atoms with Gasteiger partial charge in [0.1, 0.15) is 0 Å². The summed E-state index contributed by atoms with van der Waals surface area (Å²) in [5, 5.41) is 0. The highest BCUT2D eigenvalue weighted by Crippen LogP contribution is 2.60. The van der Waals surface area contributed by atoms with Crippen molar-refractivity contribution in [2.24, 2.45) is 28.2 Å². The normalized spacial score (nSPS) is 29.6. The van der Waals surface area contributed by atoms with E-state index in [1.807, 2.05) is 19.1 Å². The number of aromatic nitrogens is 1. The van der Waals surface area contributed by atoms with Crippen LogP contribution in [0.5, 0.6) is 0 Å². The quantitative estimate of drug-likeness (QED) is 0.497. The molecular weight excluding hydrogens is 412 g/mol. The topological polar surface area (TPSA) is 69.9 Å². The summed E-state index contributed by atoms with van der Waals surface area (Å²) in [5.41, 5.74) is 1.22. The Bertz CT molecular complexity index is 1050. The Morgan fingerprint density at radius 1 is 1.16 bits per heavy atom. The summed E-state index contributed by atoms with van der Waals surface area (Å²) >= 11 is 1.47. The highest BCUT2D eigenvalue weighted by atomic mass is 32.1. The number of amides is 1. The van der Waals surface area contributed by atoms with Gasteiger partial charge in [-0.1, -0.05) is 11.3 Å². The summed E-state index contributed by atoms with van der Waals surface area (Å²) in [6.45, 7) is 3.80. The average molecular weight is 443 g/mol. The summed E-state index contributed by atoms with van der Waals surface area (Å²) in [6, 6.07) is 5.51. The predicted octanol–water partition coefficient (Wildman–Crippen LogP) is 4.17. The molecule has 4 fully saturated rings. The van der Waals surface area contributed by atoms with Crippen LogP contribution in [0.2, 0.25) is 0 Å². The SMILES string of the molecule is CCOCCn1c(=NC(=O)C23CC4CC(CC(C4)C2)C3)sc2cc(C(=O)OC)ccc21. The molecular formula is C24H30N2O4S. The standard InChI is InChI=1S/C24H30N2O4S/c1-3-30-7-6-26-19-5-4-18(21(27)29-2)11-20(19)31-23(26)25-22(28)24-12-15-8-16(13-24)10-17(9-15)14-24/h4-5,11,15-17H,3,6-10,12-14H2,1-2H3. The molecule has 166 valence electrons. The number of carbonyl (C=O) groups is 2. The lowest BCUT2D eigenvalue weighted by Gasteiger charge is -2.55. The average Bonchev–Trinajstić information content (AvgIpc) is 3.08. The van der Waals surface area contributed by atoms with Crippen molar-refractivity contribution >= 4 is 33.4 Å². The number of hydrogen-bond donors (Lipinski definition) is 0. The van der Waals surface area contributed by atoms with E-state index in [0.29, 0.717) is 47.9 Å². The van der Waals surface area contributed by atoms with E-state index in [4.69, 9.17) is 14.5 Å². The van der Waals surface area contributed by atoms with Gasteiger partial charge in [-0.2, -0.15) is 4.99 Å². The van der Waals surface area contributed by atoms with Gasteiger partial charge in [0, 0.05) is 13.2 Å². The molecule has 0 radical (unpaired) electrons. The minimum Gasteiger partial charge on any atom is -0.465 e. The zero-order valence-corrected chi connectivity index (χ0v) is 19.1. The molecule has 4 bridgehead atoms. The Morgan fingerprint density at radius 2 is 1.84 bits per heavy atom. The molecule has 4 aliphatic rings. The van der Waals surface area contributed by atoms with Crippen molar-refractivity contribution in [1.82, 2.24) is 4.57 Å². The van der Waals surface area contributed by atoms with Crippen LogP contribution in [0.1, 0.15) is 55.8 Å². The van der Waals surface area contributed by atoms with Gasteiger partial charge in [-0.15, -0.1) is 0 Å². The second kappa shape index (κ2) is 8.17. The zero-order valence-electron chi connectivity index (χ0n) is 18.3. The third-order valence-electron chi connectivity index (χ3n) is 7.46. The Kier molecular flexibility index (Phi) is 5.51. The fourth-order valence-corrected chi connectivity index (χ4v) is 7.59. The van der Waals surface area contributed by atoms with Crippen LogP contribution in [0.4, 0.5) is 0 Å². The van der Waals surface area contributed by atoms with E-state index in [1.54, 1.807) is 6.07 Å². The molecule has 1 heterocycles. The van der Waals surface area contributed by atoms with Crippen molar-refractivity contribution in [1.29, 1.82) is 0 Å². The van der Waals surface area contributed by atoms with Crippen LogP contribution in [0.3, 0.4) is 0 Å². The van der Waals surface area contributed by atoms with E-state index < -0.39 is 0 Å². The van der Waals surface area contributed by atoms with Crippen LogP contribution in [-0.2, 0) is 20.8 Å². The van der Waals surface area contributed by atoms with Crippen molar-refractivity contribution in [3.05, 3.63) is 28.6 Å². The number of thiazole rings is 1. The van der Waals surface area contributed by atoms with Crippen molar-refractivity contribution < 1.29 is 19.1 Å². The van der Waals surface area contributed by atoms with Gasteiger partial charge < -0.3 is 14.0 Å². The Morgan fingerprint density at radius 3 is 2.45 bits per heavy atom. The van der Waals surface area contributed by atoms with Gasteiger partial charge in [-0.05, 0) is 81.4 Å². The van der Waals surface area contributed by atoms with E-state index in [2.05, 4.69) is 4.57 Å². The predicted molar refractivity (Wildman–Crippen MR) is 119 cm³/mol. The molecule has 0 N–H and O–H groups in total. The first kappa shape index (κ1) is 20.9. The molecule has 6 nitrogen and oxygen atoms in total. The van der Waals surface area contributed by atoms with E-state index in [0.717, 1.165) is 29.5 Å². The number of esters is 1. The van der Waals surface area contributed by atoms with Crippen molar-refractivity contribution in [2.45, 2.75) is 52.0 Å². The number of carbonyl (C=O) groups excluding carboxylic acids is 2. The monoisotopic (exact) mass is 442 g/mol. The molecule has 0 aliphatic heterocycles. The molecule has 31 heavy (non-hydrogen) atoms. The summed E-state index contributed by atoms with van der Waals surface area (Å²) in [7, 11) is 1.38. The van der Waals surface area contributed by atoms with Crippen molar-refractivity contribution in [3.8, 4) is 0 Å². The lowest BCUT2D eigenvalue weighted by Crippen LogP contribution is -2.50. The molecule has 0 saturated heterocycles. The lowest BCUT2D eigenvalue weighted by atomic mass is 9.49. The van der Waals surface area contributed by atoms with Gasteiger partial charge in [0.05, 0.1) is 34.9 Å². The first-order valence-electron chi connectivity index (χ1n) is 11.4. The molecule has 0 spiro atoms. The van der Waals surface area contributed by atoms with Crippen LogP contribution < -0.4 is 4.80 Å². The van der Waals surface area contributed by atoms with E-state index in [9.17, 15) is 9.59 Å². The third kappa shape index (κ3) is 3.76. The number of hydrogen-bond acceptors (Lipinski definition) is 5. The summed E-state index contributed by atoms with van der Waals surface area (Å²) in [6.07, 6.45) is 6.95. The molecule has 6 rings (SSSR count).